The first kappa shape index (κ1) is 23.8. The van der Waals surface area contributed by atoms with Gasteiger partial charge in [-0.3, -0.25) is 29.5 Å². The number of ether oxygens (including phenoxy) is 1. The molecule has 13 heteroatoms. The average molecular weight is 484 g/mol. The Kier molecular flexibility index (Phi) is 6.46. The Morgan fingerprint density at radius 1 is 1.37 bits per heavy atom. The molecule has 12 nitrogen and oxygen atoms in total. The van der Waals surface area contributed by atoms with E-state index in [-0.39, 0.29) is 41.4 Å². The number of hydrogen-bond acceptors (Lipinski definition) is 9. The second-order valence-corrected chi connectivity index (χ2v) is 8.20. The van der Waals surface area contributed by atoms with Gasteiger partial charge in [0.05, 0.1) is 29.1 Å². The molecule has 2 atom stereocenters. The lowest BCUT2D eigenvalue weighted by Crippen LogP contribution is -2.41. The van der Waals surface area contributed by atoms with Gasteiger partial charge in [0, 0.05) is 36.7 Å². The van der Waals surface area contributed by atoms with Crippen LogP contribution in [0.1, 0.15) is 36.8 Å². The number of carbonyl (C=O) groups is 2. The van der Waals surface area contributed by atoms with Gasteiger partial charge in [0.2, 0.25) is 11.9 Å². The van der Waals surface area contributed by atoms with E-state index in [0.717, 1.165) is 18.2 Å². The second-order valence-electron chi connectivity index (χ2n) is 8.20. The summed E-state index contributed by atoms with van der Waals surface area (Å²) in [6.45, 7) is 2.80. The molecule has 1 fully saturated rings. The van der Waals surface area contributed by atoms with Crippen molar-refractivity contribution in [2.45, 2.75) is 25.7 Å². The Balaban J connectivity index is 1.72. The monoisotopic (exact) mass is 484 g/mol. The molecule has 2 N–H and O–H groups in total. The van der Waals surface area contributed by atoms with Gasteiger partial charge in [0.25, 0.3) is 11.2 Å². The van der Waals surface area contributed by atoms with E-state index < -0.39 is 39.7 Å². The number of esters is 1. The molecule has 3 heterocycles. The lowest BCUT2D eigenvalue weighted by Gasteiger charge is -2.33. The second kappa shape index (κ2) is 9.49. The molecule has 1 saturated heterocycles. The van der Waals surface area contributed by atoms with Crippen LogP contribution in [0.4, 0.5) is 21.8 Å². The van der Waals surface area contributed by atoms with Gasteiger partial charge in [-0.2, -0.15) is 10.2 Å². The van der Waals surface area contributed by atoms with Gasteiger partial charge in [-0.1, -0.05) is 0 Å². The number of benzene rings is 1. The Morgan fingerprint density at radius 2 is 2.09 bits per heavy atom. The van der Waals surface area contributed by atoms with Crippen LogP contribution in [0, 0.1) is 39.1 Å². The summed E-state index contributed by atoms with van der Waals surface area (Å²) < 4.78 is 19.8. The molecule has 0 radical (unpaired) electrons. The summed E-state index contributed by atoms with van der Waals surface area (Å²) in [7, 11) is 0. The fourth-order valence-corrected chi connectivity index (χ4v) is 4.45. The highest BCUT2D eigenvalue weighted by Gasteiger charge is 2.42. The van der Waals surface area contributed by atoms with Gasteiger partial charge in [-0.25, -0.2) is 4.39 Å². The molecule has 0 spiro atoms. The zero-order valence-corrected chi connectivity index (χ0v) is 18.6. The molecule has 35 heavy (non-hydrogen) atoms. The minimum Gasteiger partial charge on any atom is -0.466 e. The van der Waals surface area contributed by atoms with E-state index in [9.17, 15) is 34.2 Å². The quantitative estimate of drug-likeness (QED) is 0.365. The smallest absolute Gasteiger partial charge is 0.309 e. The van der Waals surface area contributed by atoms with E-state index >= 15 is 0 Å². The third kappa shape index (κ3) is 4.42. The number of nitriles is 1. The molecule has 1 amide bonds. The predicted molar refractivity (Wildman–Crippen MR) is 119 cm³/mol. The van der Waals surface area contributed by atoms with Crippen molar-refractivity contribution >= 4 is 29.3 Å². The van der Waals surface area contributed by atoms with Crippen molar-refractivity contribution in [3.63, 3.8) is 0 Å². The fraction of sp³-hybridized carbons (Fsp3) is 0.409. The van der Waals surface area contributed by atoms with Crippen LogP contribution >= 0.6 is 0 Å². The summed E-state index contributed by atoms with van der Waals surface area (Å²) in [6.07, 6.45) is 0.952. The highest BCUT2D eigenvalue weighted by atomic mass is 19.1. The maximum Gasteiger partial charge on any atom is 0.309 e. The van der Waals surface area contributed by atoms with E-state index in [0.29, 0.717) is 25.9 Å². The molecule has 2 aromatic rings. The summed E-state index contributed by atoms with van der Waals surface area (Å²) in [5, 5.41) is 23.3. The van der Waals surface area contributed by atoms with E-state index in [4.69, 9.17) is 4.74 Å². The lowest BCUT2D eigenvalue weighted by molar-refractivity contribution is -0.385. The normalized spacial score (nSPS) is 19.9. The van der Waals surface area contributed by atoms with E-state index in [1.54, 1.807) is 17.9 Å². The van der Waals surface area contributed by atoms with Gasteiger partial charge in [0.1, 0.15) is 17.6 Å². The Hall–Kier alpha value is -4.34. The fourth-order valence-electron chi connectivity index (χ4n) is 4.45. The maximum atomic E-state index is 14.8. The van der Waals surface area contributed by atoms with E-state index in [2.05, 4.69) is 15.3 Å². The topological polar surface area (TPSA) is 171 Å². The molecule has 0 bridgehead atoms. The lowest BCUT2D eigenvalue weighted by atomic mass is 9.79. The number of nitro groups is 1. The standard InChI is InChI=1S/C22H21FN6O6/c1-2-35-21(32)11-5-7-28(8-6-11)22-26-18-17(20(31)27-22)16(14(10-24)19(30)25-18)13-9-12(29(33)34)3-4-15(13)23/h3-4,9,11,14,16H,2,5-8H2,1H3,(H2,25,26,27,30,31). The minimum absolute atomic E-state index is 0.144. The van der Waals surface area contributed by atoms with Crippen molar-refractivity contribution in [2.24, 2.45) is 11.8 Å². The predicted octanol–water partition coefficient (Wildman–Crippen LogP) is 1.82. The van der Waals surface area contributed by atoms with Crippen molar-refractivity contribution in [3.05, 3.63) is 55.6 Å². The molecule has 4 rings (SSSR count). The minimum atomic E-state index is -1.51. The van der Waals surface area contributed by atoms with E-state index in [1.807, 2.05) is 0 Å². The zero-order valence-electron chi connectivity index (χ0n) is 18.6. The summed E-state index contributed by atoms with van der Waals surface area (Å²) in [4.78, 5) is 57.0. The Morgan fingerprint density at radius 3 is 2.71 bits per heavy atom. The number of halogens is 1. The average Bonchev–Trinajstić information content (AvgIpc) is 2.83. The summed E-state index contributed by atoms with van der Waals surface area (Å²) in [5.41, 5.74) is -1.65. The van der Waals surface area contributed by atoms with Gasteiger partial charge >= 0.3 is 5.97 Å². The van der Waals surface area contributed by atoms with E-state index in [1.165, 1.54) is 0 Å². The largest absolute Gasteiger partial charge is 0.466 e. The molecule has 2 aliphatic rings. The van der Waals surface area contributed by atoms with Crippen LogP contribution in [0.15, 0.2) is 23.0 Å². The molecule has 1 aromatic heterocycles. The number of nitrogens with zero attached hydrogens (tertiary/aromatic N) is 4. The molecule has 2 unspecified atom stereocenters. The number of aromatic amines is 1. The SMILES string of the molecule is CCOC(=O)C1CCN(c2nc3c(c(=O)[nH]2)C(c2cc([N+](=O)[O-])ccc2F)C(C#N)C(=O)N3)CC1. The summed E-state index contributed by atoms with van der Waals surface area (Å²) >= 11 is 0. The van der Waals surface area contributed by atoms with Crippen molar-refractivity contribution in [1.29, 1.82) is 5.26 Å². The van der Waals surface area contributed by atoms with Crippen molar-refractivity contribution in [3.8, 4) is 6.07 Å². The number of hydrogen-bond donors (Lipinski definition) is 2. The van der Waals surface area contributed by atoms with Crippen molar-refractivity contribution in [2.75, 3.05) is 29.9 Å². The maximum absolute atomic E-state index is 14.8. The number of piperidine rings is 1. The number of nitro benzene ring substituents is 1. The molecule has 0 saturated carbocycles. The van der Waals surface area contributed by atoms with Gasteiger partial charge in [-0.05, 0) is 25.8 Å². The number of anilines is 2. The van der Waals surface area contributed by atoms with Crippen molar-refractivity contribution in [1.82, 2.24) is 9.97 Å². The highest BCUT2D eigenvalue weighted by molar-refractivity contribution is 5.98. The van der Waals surface area contributed by atoms with Gasteiger partial charge < -0.3 is 15.0 Å². The number of non-ortho nitro benzene ring substituents is 1. The number of rotatable bonds is 5. The van der Waals surface area contributed by atoms with Crippen LogP contribution in [0.2, 0.25) is 0 Å². The van der Waals surface area contributed by atoms with Crippen LogP contribution in [0.25, 0.3) is 0 Å². The Labute approximate surface area is 197 Å². The zero-order chi connectivity index (χ0) is 25.3. The summed E-state index contributed by atoms with van der Waals surface area (Å²) in [6, 6.07) is 4.50. The van der Waals surface area contributed by atoms with Crippen LogP contribution in [0.5, 0.6) is 0 Å². The van der Waals surface area contributed by atoms with Crippen molar-refractivity contribution < 1.29 is 23.6 Å². The first-order valence-corrected chi connectivity index (χ1v) is 10.9. The molecular weight excluding hydrogens is 463 g/mol. The first-order chi connectivity index (χ1) is 16.7. The number of amides is 1. The summed E-state index contributed by atoms with van der Waals surface area (Å²) in [5.74, 6) is -5.17. The van der Waals surface area contributed by atoms with Gasteiger partial charge in [-0.15, -0.1) is 0 Å². The molecular formula is C22H21FN6O6. The Bertz CT molecular complexity index is 1300. The molecule has 182 valence electrons. The third-order valence-corrected chi connectivity index (χ3v) is 6.19. The number of H-pyrrole nitrogens is 1. The number of carbonyl (C=O) groups excluding carboxylic acids is 2. The molecule has 2 aliphatic heterocycles. The highest BCUT2D eigenvalue weighted by Crippen LogP contribution is 2.40. The number of nitrogens with one attached hydrogen (secondary N) is 2. The number of aromatic nitrogens is 2. The third-order valence-electron chi connectivity index (χ3n) is 6.19. The van der Waals surface area contributed by atoms with Crippen LogP contribution in [-0.4, -0.2) is 46.5 Å². The van der Waals surface area contributed by atoms with Gasteiger partial charge in [0.15, 0.2) is 0 Å². The first-order valence-electron chi connectivity index (χ1n) is 10.9. The molecule has 1 aromatic carbocycles. The van der Waals surface area contributed by atoms with Crippen LogP contribution < -0.4 is 15.8 Å². The van der Waals surface area contributed by atoms with Crippen LogP contribution in [0.3, 0.4) is 0 Å². The number of fused-ring (bicyclic) bond motifs is 1. The molecule has 0 aliphatic carbocycles. The van der Waals surface area contributed by atoms with Crippen LogP contribution in [-0.2, 0) is 14.3 Å².